The lowest BCUT2D eigenvalue weighted by atomic mass is 10.1. The lowest BCUT2D eigenvalue weighted by Crippen LogP contribution is -2.21. The van der Waals surface area contributed by atoms with Gasteiger partial charge in [-0.1, -0.05) is 48.6 Å². The molecule has 0 aliphatic heterocycles. The van der Waals surface area contributed by atoms with Crippen molar-refractivity contribution in [1.29, 1.82) is 0 Å². The summed E-state index contributed by atoms with van der Waals surface area (Å²) in [5, 5.41) is 4.73. The van der Waals surface area contributed by atoms with Gasteiger partial charge in [-0.15, -0.1) is 0 Å². The van der Waals surface area contributed by atoms with Gasteiger partial charge in [0.25, 0.3) is 0 Å². The normalized spacial score (nSPS) is 11.4. The largest absolute Gasteiger partial charge is 0.331 e. The SMILES string of the molecule is CCc1ccc2nc(NC(=O)Cn3c4ccccc4c(=O)c4ccccc43)sc2c1. The Kier molecular flexibility index (Phi) is 4.56. The van der Waals surface area contributed by atoms with Crippen molar-refractivity contribution in [2.24, 2.45) is 0 Å². The number of anilines is 1. The molecule has 0 saturated carbocycles. The summed E-state index contributed by atoms with van der Waals surface area (Å²) < 4.78 is 2.95. The third kappa shape index (κ3) is 3.15. The highest BCUT2D eigenvalue weighted by atomic mass is 32.1. The van der Waals surface area contributed by atoms with Gasteiger partial charge >= 0.3 is 0 Å². The van der Waals surface area contributed by atoms with Gasteiger partial charge in [-0.25, -0.2) is 4.98 Å². The summed E-state index contributed by atoms with van der Waals surface area (Å²) >= 11 is 1.47. The number of benzene rings is 3. The van der Waals surface area contributed by atoms with Crippen molar-refractivity contribution in [3.05, 3.63) is 82.5 Å². The van der Waals surface area contributed by atoms with Gasteiger partial charge in [0, 0.05) is 10.8 Å². The molecule has 0 atom stereocenters. The number of pyridine rings is 1. The summed E-state index contributed by atoms with van der Waals surface area (Å²) in [5.74, 6) is -0.177. The number of nitrogens with one attached hydrogen (secondary N) is 1. The van der Waals surface area contributed by atoms with Crippen LogP contribution in [-0.2, 0) is 17.8 Å². The Morgan fingerprint density at radius 2 is 1.67 bits per heavy atom. The number of nitrogens with zero attached hydrogens (tertiary/aromatic N) is 2. The summed E-state index contributed by atoms with van der Waals surface area (Å²) in [6, 6.07) is 21.0. The Labute approximate surface area is 176 Å². The number of hydrogen-bond acceptors (Lipinski definition) is 4. The van der Waals surface area contributed by atoms with Crippen LogP contribution in [0, 0.1) is 0 Å². The molecule has 5 nitrogen and oxygen atoms in total. The van der Waals surface area contributed by atoms with Crippen molar-refractivity contribution in [1.82, 2.24) is 9.55 Å². The van der Waals surface area contributed by atoms with Gasteiger partial charge in [0.2, 0.25) is 5.91 Å². The molecular formula is C24H19N3O2S. The Balaban J connectivity index is 1.53. The molecule has 0 radical (unpaired) electrons. The zero-order valence-corrected chi connectivity index (χ0v) is 17.2. The number of fused-ring (bicyclic) bond motifs is 3. The van der Waals surface area contributed by atoms with Crippen molar-refractivity contribution in [2.45, 2.75) is 19.9 Å². The third-order valence-corrected chi connectivity index (χ3v) is 6.22. The zero-order chi connectivity index (χ0) is 20.7. The second kappa shape index (κ2) is 7.39. The topological polar surface area (TPSA) is 64.0 Å². The highest BCUT2D eigenvalue weighted by molar-refractivity contribution is 7.22. The smallest absolute Gasteiger partial charge is 0.246 e. The lowest BCUT2D eigenvalue weighted by Gasteiger charge is -2.14. The van der Waals surface area contributed by atoms with E-state index in [4.69, 9.17) is 0 Å². The molecule has 3 aromatic carbocycles. The van der Waals surface area contributed by atoms with Gasteiger partial charge in [-0.3, -0.25) is 9.59 Å². The van der Waals surface area contributed by atoms with Crippen LogP contribution in [0.15, 0.2) is 71.5 Å². The minimum Gasteiger partial charge on any atom is -0.331 e. The van der Waals surface area contributed by atoms with Gasteiger partial charge < -0.3 is 9.88 Å². The number of hydrogen-bond donors (Lipinski definition) is 1. The molecule has 148 valence electrons. The number of aromatic nitrogens is 2. The molecule has 0 aliphatic carbocycles. The van der Waals surface area contributed by atoms with E-state index in [9.17, 15) is 9.59 Å². The molecule has 5 aromatic rings. The number of carbonyl (C=O) groups is 1. The Morgan fingerprint density at radius 1 is 1.00 bits per heavy atom. The molecule has 2 heterocycles. The van der Waals surface area contributed by atoms with Crippen molar-refractivity contribution in [3.8, 4) is 0 Å². The van der Waals surface area contributed by atoms with Gasteiger partial charge in [-0.05, 0) is 48.4 Å². The molecule has 0 saturated heterocycles. The number of para-hydroxylation sites is 2. The summed E-state index contributed by atoms with van der Waals surface area (Å²) in [7, 11) is 0. The standard InChI is InChI=1S/C24H19N3O2S/c1-2-15-11-12-18-21(13-15)30-24(25-18)26-22(28)14-27-19-9-5-3-7-16(19)23(29)17-8-4-6-10-20(17)27/h3-13H,2,14H2,1H3,(H,25,26,28). The van der Waals surface area contributed by atoms with E-state index in [1.54, 1.807) is 12.1 Å². The molecule has 1 amide bonds. The summed E-state index contributed by atoms with van der Waals surface area (Å²) in [5.41, 5.74) is 3.60. The fraction of sp³-hybridized carbons (Fsp3) is 0.125. The Bertz CT molecular complexity index is 1420. The van der Waals surface area contributed by atoms with Crippen molar-refractivity contribution in [2.75, 3.05) is 5.32 Å². The van der Waals surface area contributed by atoms with Crippen LogP contribution in [0.3, 0.4) is 0 Å². The molecule has 0 aliphatic rings. The van der Waals surface area contributed by atoms with Crippen LogP contribution in [0.1, 0.15) is 12.5 Å². The van der Waals surface area contributed by atoms with E-state index in [2.05, 4.69) is 29.4 Å². The van der Waals surface area contributed by atoms with E-state index in [-0.39, 0.29) is 17.9 Å². The molecule has 1 N–H and O–H groups in total. The molecule has 2 aromatic heterocycles. The monoisotopic (exact) mass is 413 g/mol. The zero-order valence-electron chi connectivity index (χ0n) is 16.4. The summed E-state index contributed by atoms with van der Waals surface area (Å²) in [4.78, 5) is 30.3. The summed E-state index contributed by atoms with van der Waals surface area (Å²) in [6.07, 6.45) is 0.960. The molecule has 0 spiro atoms. The number of aryl methyl sites for hydroxylation is 1. The minimum absolute atomic E-state index is 0.0178. The van der Waals surface area contributed by atoms with Crippen LogP contribution in [0.5, 0.6) is 0 Å². The average molecular weight is 414 g/mol. The maximum absolute atomic E-state index is 12.9. The van der Waals surface area contributed by atoms with Gasteiger partial charge in [-0.2, -0.15) is 0 Å². The van der Waals surface area contributed by atoms with Crippen LogP contribution in [0.4, 0.5) is 5.13 Å². The van der Waals surface area contributed by atoms with E-state index in [0.717, 1.165) is 27.7 Å². The second-order valence-corrected chi connectivity index (χ2v) is 8.20. The molecule has 0 unspecified atom stereocenters. The Morgan fingerprint density at radius 3 is 2.33 bits per heavy atom. The molecular weight excluding hydrogens is 394 g/mol. The number of thiazole rings is 1. The predicted octanol–water partition coefficient (Wildman–Crippen LogP) is 4.97. The van der Waals surface area contributed by atoms with Crippen LogP contribution in [0.2, 0.25) is 0 Å². The number of rotatable bonds is 4. The van der Waals surface area contributed by atoms with Crippen LogP contribution < -0.4 is 10.7 Å². The first-order valence-electron chi connectivity index (χ1n) is 9.83. The lowest BCUT2D eigenvalue weighted by molar-refractivity contribution is -0.116. The fourth-order valence-electron chi connectivity index (χ4n) is 3.79. The Hall–Kier alpha value is -3.51. The van der Waals surface area contributed by atoms with E-state index < -0.39 is 0 Å². The molecule has 30 heavy (non-hydrogen) atoms. The van der Waals surface area contributed by atoms with E-state index in [0.29, 0.717) is 15.9 Å². The van der Waals surface area contributed by atoms with E-state index in [1.165, 1.54) is 16.9 Å². The van der Waals surface area contributed by atoms with E-state index in [1.807, 2.05) is 47.0 Å². The molecule has 0 fully saturated rings. The van der Waals surface area contributed by atoms with Crippen molar-refractivity contribution >= 4 is 54.4 Å². The van der Waals surface area contributed by atoms with Crippen LogP contribution >= 0.6 is 11.3 Å². The number of amides is 1. The van der Waals surface area contributed by atoms with Crippen LogP contribution in [-0.4, -0.2) is 15.5 Å². The first kappa shape index (κ1) is 18.5. The third-order valence-electron chi connectivity index (χ3n) is 5.29. The van der Waals surface area contributed by atoms with Gasteiger partial charge in [0.15, 0.2) is 10.6 Å². The minimum atomic E-state index is -0.177. The highest BCUT2D eigenvalue weighted by Gasteiger charge is 2.14. The van der Waals surface area contributed by atoms with Gasteiger partial charge in [0.05, 0.1) is 21.3 Å². The van der Waals surface area contributed by atoms with Crippen molar-refractivity contribution < 1.29 is 4.79 Å². The maximum atomic E-state index is 12.9. The fourth-order valence-corrected chi connectivity index (χ4v) is 4.74. The summed E-state index contributed by atoms with van der Waals surface area (Å²) in [6.45, 7) is 2.21. The first-order valence-corrected chi connectivity index (χ1v) is 10.7. The molecule has 0 bridgehead atoms. The maximum Gasteiger partial charge on any atom is 0.246 e. The first-order chi connectivity index (χ1) is 14.6. The quantitative estimate of drug-likeness (QED) is 0.423. The molecule has 6 heteroatoms. The highest BCUT2D eigenvalue weighted by Crippen LogP contribution is 2.27. The number of carbonyl (C=O) groups excluding carboxylic acids is 1. The molecule has 5 rings (SSSR count). The van der Waals surface area contributed by atoms with Crippen LogP contribution in [0.25, 0.3) is 32.0 Å². The predicted molar refractivity (Wildman–Crippen MR) is 123 cm³/mol. The van der Waals surface area contributed by atoms with Gasteiger partial charge in [0.1, 0.15) is 6.54 Å². The van der Waals surface area contributed by atoms with Crippen molar-refractivity contribution in [3.63, 3.8) is 0 Å². The average Bonchev–Trinajstić information content (AvgIpc) is 3.17. The second-order valence-electron chi connectivity index (χ2n) is 7.17. The van der Waals surface area contributed by atoms with E-state index >= 15 is 0 Å².